The van der Waals surface area contributed by atoms with Crippen molar-refractivity contribution in [1.29, 1.82) is 0 Å². The summed E-state index contributed by atoms with van der Waals surface area (Å²) < 4.78 is 5.62. The topological polar surface area (TPSA) is 113 Å². The van der Waals surface area contributed by atoms with Crippen LogP contribution < -0.4 is 10.6 Å². The quantitative estimate of drug-likeness (QED) is 0.326. The molecule has 0 saturated heterocycles. The van der Waals surface area contributed by atoms with Crippen molar-refractivity contribution in [3.8, 4) is 0 Å². The third kappa shape index (κ3) is 6.11. The molecule has 0 aliphatic rings. The molecule has 1 atom stereocenters. The first-order valence-electron chi connectivity index (χ1n) is 8.81. The van der Waals surface area contributed by atoms with Crippen molar-refractivity contribution in [1.82, 2.24) is 15.5 Å². The molecule has 2 N–H and O–H groups in total. The molecule has 150 valence electrons. The number of aryl methyl sites for hydroxylation is 1. The van der Waals surface area contributed by atoms with E-state index in [1.807, 2.05) is 26.0 Å². The number of furan rings is 1. The number of aliphatic imine (C=N–C) groups is 1. The monoisotopic (exact) mass is 387 g/mol. The number of non-ortho nitro benzene ring substituents is 1. The zero-order valence-electron chi connectivity index (χ0n) is 16.4. The summed E-state index contributed by atoms with van der Waals surface area (Å²) in [4.78, 5) is 28.2. The summed E-state index contributed by atoms with van der Waals surface area (Å²) in [6.45, 7) is 4.18. The molecule has 0 radical (unpaired) electrons. The van der Waals surface area contributed by atoms with Gasteiger partial charge in [0.2, 0.25) is 5.91 Å². The Morgan fingerprint density at radius 1 is 1.25 bits per heavy atom. The molecule has 1 heterocycles. The lowest BCUT2D eigenvalue weighted by Crippen LogP contribution is -2.43. The van der Waals surface area contributed by atoms with Crippen molar-refractivity contribution in [2.45, 2.75) is 26.4 Å². The van der Waals surface area contributed by atoms with E-state index in [1.165, 1.54) is 17.0 Å². The van der Waals surface area contributed by atoms with Crippen LogP contribution in [0, 0.1) is 17.0 Å². The molecule has 1 amide bonds. The number of likely N-dealkylation sites (N-methyl/N-ethyl adjacent to an activating group) is 1. The van der Waals surface area contributed by atoms with Gasteiger partial charge < -0.3 is 20.0 Å². The van der Waals surface area contributed by atoms with Gasteiger partial charge in [0.15, 0.2) is 5.96 Å². The van der Waals surface area contributed by atoms with E-state index in [0.29, 0.717) is 12.5 Å². The summed E-state index contributed by atoms with van der Waals surface area (Å²) in [6, 6.07) is 9.79. The van der Waals surface area contributed by atoms with Gasteiger partial charge in [-0.25, -0.2) is 4.99 Å². The first kappa shape index (κ1) is 20.9. The highest BCUT2D eigenvalue weighted by molar-refractivity contribution is 5.86. The number of nitrogens with zero attached hydrogens (tertiary/aromatic N) is 3. The second-order valence-electron chi connectivity index (χ2n) is 6.54. The lowest BCUT2D eigenvalue weighted by Gasteiger charge is -2.18. The van der Waals surface area contributed by atoms with Crippen molar-refractivity contribution in [2.75, 3.05) is 20.6 Å². The molecular formula is C19H25N5O4. The molecule has 0 aliphatic carbocycles. The summed E-state index contributed by atoms with van der Waals surface area (Å²) >= 11 is 0. The normalized spacial score (nSPS) is 12.4. The van der Waals surface area contributed by atoms with Crippen molar-refractivity contribution < 1.29 is 14.1 Å². The fourth-order valence-corrected chi connectivity index (χ4v) is 2.33. The molecule has 0 saturated carbocycles. The standard InChI is InChI=1S/C19H25N5O4/c1-13-5-10-17(28-13)14(2)22-19(21-12-18(25)23(3)4)20-11-15-6-8-16(9-7-15)24(26)27/h5-10,14H,11-12H2,1-4H3,(H2,20,21,22). The van der Waals surface area contributed by atoms with E-state index in [9.17, 15) is 14.9 Å². The molecular weight excluding hydrogens is 362 g/mol. The van der Waals surface area contributed by atoms with Crippen LogP contribution in [0.4, 0.5) is 5.69 Å². The largest absolute Gasteiger partial charge is 0.464 e. The van der Waals surface area contributed by atoms with Crippen molar-refractivity contribution in [2.24, 2.45) is 4.99 Å². The molecule has 28 heavy (non-hydrogen) atoms. The van der Waals surface area contributed by atoms with Gasteiger partial charge in [-0.1, -0.05) is 12.1 Å². The van der Waals surface area contributed by atoms with Gasteiger partial charge in [-0.05, 0) is 31.5 Å². The van der Waals surface area contributed by atoms with Gasteiger partial charge in [-0.2, -0.15) is 0 Å². The van der Waals surface area contributed by atoms with Crippen LogP contribution in [0.3, 0.4) is 0 Å². The molecule has 1 aromatic heterocycles. The van der Waals surface area contributed by atoms with Crippen LogP contribution in [-0.4, -0.2) is 42.3 Å². The van der Waals surface area contributed by atoms with Crippen LogP contribution in [0.25, 0.3) is 0 Å². The summed E-state index contributed by atoms with van der Waals surface area (Å²) in [5.74, 6) is 1.91. The Bertz CT molecular complexity index is 842. The predicted octanol–water partition coefficient (Wildman–Crippen LogP) is 2.38. The van der Waals surface area contributed by atoms with Crippen molar-refractivity contribution >= 4 is 17.6 Å². The minimum atomic E-state index is -0.443. The Kier molecular flexibility index (Phi) is 7.14. The maximum atomic E-state index is 11.9. The van der Waals surface area contributed by atoms with E-state index in [2.05, 4.69) is 15.6 Å². The van der Waals surface area contributed by atoms with Gasteiger partial charge in [0.25, 0.3) is 5.69 Å². The Labute approximate surface area is 163 Å². The highest BCUT2D eigenvalue weighted by Crippen LogP contribution is 2.16. The van der Waals surface area contributed by atoms with Gasteiger partial charge in [-0.3, -0.25) is 14.9 Å². The summed E-state index contributed by atoms with van der Waals surface area (Å²) in [5, 5.41) is 17.0. The van der Waals surface area contributed by atoms with E-state index >= 15 is 0 Å². The predicted molar refractivity (Wildman–Crippen MR) is 106 cm³/mol. The van der Waals surface area contributed by atoms with Crippen LogP contribution >= 0.6 is 0 Å². The number of carbonyl (C=O) groups excluding carboxylic acids is 1. The number of nitrogens with one attached hydrogen (secondary N) is 2. The average molecular weight is 387 g/mol. The van der Waals surface area contributed by atoms with Crippen LogP contribution in [0.15, 0.2) is 45.8 Å². The summed E-state index contributed by atoms with van der Waals surface area (Å²) in [5.41, 5.74) is 0.842. The highest BCUT2D eigenvalue weighted by Gasteiger charge is 2.13. The molecule has 0 bridgehead atoms. The number of hydrogen-bond donors (Lipinski definition) is 2. The number of carbonyl (C=O) groups is 1. The first-order chi connectivity index (χ1) is 13.3. The number of amides is 1. The van der Waals surface area contributed by atoms with Crippen LogP contribution in [0.2, 0.25) is 0 Å². The number of nitro groups is 1. The Hall–Kier alpha value is -3.36. The Morgan fingerprint density at radius 3 is 2.46 bits per heavy atom. The molecule has 2 aromatic rings. The third-order valence-electron chi connectivity index (χ3n) is 4.01. The van der Waals surface area contributed by atoms with E-state index in [-0.39, 0.29) is 24.2 Å². The Morgan fingerprint density at radius 2 is 1.93 bits per heavy atom. The minimum Gasteiger partial charge on any atom is -0.464 e. The van der Waals surface area contributed by atoms with Crippen LogP contribution in [-0.2, 0) is 11.3 Å². The minimum absolute atomic E-state index is 0.0302. The zero-order valence-corrected chi connectivity index (χ0v) is 16.4. The fourth-order valence-electron chi connectivity index (χ4n) is 2.33. The number of hydrogen-bond acceptors (Lipinski definition) is 5. The SMILES string of the molecule is Cc1ccc(C(C)NC(=NCc2ccc([N+](=O)[O-])cc2)NCC(=O)N(C)C)o1. The van der Waals surface area contributed by atoms with E-state index < -0.39 is 4.92 Å². The number of nitro benzene ring substituents is 1. The van der Waals surface area contributed by atoms with E-state index in [4.69, 9.17) is 4.42 Å². The van der Waals surface area contributed by atoms with Gasteiger partial charge in [-0.15, -0.1) is 0 Å². The van der Waals surface area contributed by atoms with Gasteiger partial charge in [0.05, 0.1) is 24.1 Å². The summed E-state index contributed by atoms with van der Waals surface area (Å²) in [7, 11) is 3.36. The second kappa shape index (κ2) is 9.54. The maximum absolute atomic E-state index is 11.9. The number of rotatable bonds is 7. The van der Waals surface area contributed by atoms with E-state index in [0.717, 1.165) is 17.1 Å². The maximum Gasteiger partial charge on any atom is 0.269 e. The van der Waals surface area contributed by atoms with Crippen LogP contribution in [0.1, 0.15) is 30.0 Å². The Balaban J connectivity index is 2.10. The lowest BCUT2D eigenvalue weighted by atomic mass is 10.2. The van der Waals surface area contributed by atoms with Gasteiger partial charge in [0.1, 0.15) is 11.5 Å². The van der Waals surface area contributed by atoms with Crippen molar-refractivity contribution in [3.63, 3.8) is 0 Å². The molecule has 1 unspecified atom stereocenters. The first-order valence-corrected chi connectivity index (χ1v) is 8.81. The molecule has 2 rings (SSSR count). The second-order valence-corrected chi connectivity index (χ2v) is 6.54. The third-order valence-corrected chi connectivity index (χ3v) is 4.01. The molecule has 1 aromatic carbocycles. The number of guanidine groups is 1. The van der Waals surface area contributed by atoms with Gasteiger partial charge >= 0.3 is 0 Å². The molecule has 9 heteroatoms. The molecule has 0 aliphatic heterocycles. The summed E-state index contributed by atoms with van der Waals surface area (Å²) in [6.07, 6.45) is 0. The fraction of sp³-hybridized carbons (Fsp3) is 0.368. The molecule has 9 nitrogen and oxygen atoms in total. The van der Waals surface area contributed by atoms with Crippen molar-refractivity contribution in [3.05, 3.63) is 63.6 Å². The highest BCUT2D eigenvalue weighted by atomic mass is 16.6. The number of benzene rings is 1. The molecule has 0 fully saturated rings. The lowest BCUT2D eigenvalue weighted by molar-refractivity contribution is -0.384. The van der Waals surface area contributed by atoms with Crippen LogP contribution in [0.5, 0.6) is 0 Å². The zero-order chi connectivity index (χ0) is 20.7. The van der Waals surface area contributed by atoms with Gasteiger partial charge in [0, 0.05) is 26.2 Å². The average Bonchev–Trinajstić information content (AvgIpc) is 3.10. The molecule has 0 spiro atoms. The van der Waals surface area contributed by atoms with E-state index in [1.54, 1.807) is 26.2 Å². The smallest absolute Gasteiger partial charge is 0.269 e.